The van der Waals surface area contributed by atoms with Gasteiger partial charge < -0.3 is 15.0 Å². The molecule has 0 aliphatic heterocycles. The molecule has 10 heteroatoms. The average Bonchev–Trinajstić information content (AvgIpc) is 3.17. The molecule has 0 spiro atoms. The molecule has 4 aromatic rings. The van der Waals surface area contributed by atoms with Gasteiger partial charge in [0.05, 0.1) is 23.2 Å². The minimum atomic E-state index is -0.357. The summed E-state index contributed by atoms with van der Waals surface area (Å²) in [7, 11) is 0. The van der Waals surface area contributed by atoms with Crippen LogP contribution in [0.2, 0.25) is 0 Å². The molecule has 7 nitrogen and oxygen atoms in total. The highest BCUT2D eigenvalue weighted by atomic mass is 32.2. The van der Waals surface area contributed by atoms with Crippen LogP contribution in [0.25, 0.3) is 10.2 Å². The van der Waals surface area contributed by atoms with Gasteiger partial charge in [0.15, 0.2) is 10.3 Å². The lowest BCUT2D eigenvalue weighted by Crippen LogP contribution is -2.23. The zero-order chi connectivity index (χ0) is 23.4. The number of aromatic nitrogens is 3. The van der Waals surface area contributed by atoms with Crippen LogP contribution in [0.1, 0.15) is 23.7 Å². The second-order valence-electron chi connectivity index (χ2n) is 7.16. The predicted octanol–water partition coefficient (Wildman–Crippen LogP) is 4.70. The molecule has 2 aromatic carbocycles. The summed E-state index contributed by atoms with van der Waals surface area (Å²) in [4.78, 5) is 36.7. The van der Waals surface area contributed by atoms with Gasteiger partial charge in [-0.3, -0.25) is 9.59 Å². The first-order valence-electron chi connectivity index (χ1n) is 10.2. The molecule has 0 bridgehead atoms. The Morgan fingerprint density at radius 2 is 2.00 bits per heavy atom. The van der Waals surface area contributed by atoms with Crippen molar-refractivity contribution >= 4 is 44.4 Å². The number of H-pyrrole nitrogens is 1. The third-order valence-corrected chi connectivity index (χ3v) is 6.62. The van der Waals surface area contributed by atoms with Crippen molar-refractivity contribution in [2.45, 2.75) is 31.2 Å². The van der Waals surface area contributed by atoms with Crippen molar-refractivity contribution in [2.75, 3.05) is 11.9 Å². The fourth-order valence-electron chi connectivity index (χ4n) is 3.13. The van der Waals surface area contributed by atoms with E-state index in [1.54, 1.807) is 19.1 Å². The molecule has 0 saturated carbocycles. The van der Waals surface area contributed by atoms with Crippen LogP contribution in [0.15, 0.2) is 52.4 Å². The Bertz CT molecular complexity index is 1350. The average molecular weight is 485 g/mol. The van der Waals surface area contributed by atoms with Crippen molar-refractivity contribution in [3.63, 3.8) is 0 Å². The van der Waals surface area contributed by atoms with Crippen molar-refractivity contribution in [3.05, 3.63) is 75.5 Å². The van der Waals surface area contributed by atoms with Crippen LogP contribution in [0, 0.1) is 12.7 Å². The fourth-order valence-corrected chi connectivity index (χ4v) is 4.91. The molecule has 2 heterocycles. The smallest absolute Gasteiger partial charge is 0.255 e. The molecule has 0 fully saturated rings. The molecule has 0 aliphatic rings. The van der Waals surface area contributed by atoms with Crippen molar-refractivity contribution in [1.29, 1.82) is 0 Å². The monoisotopic (exact) mass is 484 g/mol. The van der Waals surface area contributed by atoms with Gasteiger partial charge in [-0.05, 0) is 49.7 Å². The maximum Gasteiger partial charge on any atom is 0.255 e. The second-order valence-corrected chi connectivity index (χ2v) is 9.15. The van der Waals surface area contributed by atoms with Gasteiger partial charge in [-0.15, -0.1) is 0 Å². The summed E-state index contributed by atoms with van der Waals surface area (Å²) in [6.45, 7) is 4.18. The molecule has 0 aliphatic carbocycles. The Labute approximate surface area is 197 Å². The number of carbonyl (C=O) groups excluding carboxylic acids is 1. The largest absolute Gasteiger partial charge is 0.494 e. The third kappa shape index (κ3) is 5.77. The number of benzene rings is 2. The van der Waals surface area contributed by atoms with Gasteiger partial charge in [0.25, 0.3) is 5.56 Å². The summed E-state index contributed by atoms with van der Waals surface area (Å²) in [5.74, 6) is 0.638. The lowest BCUT2D eigenvalue weighted by Gasteiger charge is -2.07. The van der Waals surface area contributed by atoms with E-state index in [1.807, 2.05) is 25.1 Å². The SMILES string of the molecule is CCOc1ccc2nc(NC(=O)Cc3c(C)nc(SCc4ccc(F)cc4)[nH]c3=O)sc2c1. The topological polar surface area (TPSA) is 97.0 Å². The first-order valence-corrected chi connectivity index (χ1v) is 12.0. The van der Waals surface area contributed by atoms with Gasteiger partial charge in [0.1, 0.15) is 11.6 Å². The van der Waals surface area contributed by atoms with Gasteiger partial charge in [0.2, 0.25) is 5.91 Å². The Morgan fingerprint density at radius 1 is 1.21 bits per heavy atom. The Kier molecular flexibility index (Phi) is 7.05. The normalized spacial score (nSPS) is 11.0. The molecule has 0 saturated heterocycles. The quantitative estimate of drug-likeness (QED) is 0.278. The van der Waals surface area contributed by atoms with Crippen molar-refractivity contribution < 1.29 is 13.9 Å². The molecule has 4 rings (SSSR count). The van der Waals surface area contributed by atoms with Gasteiger partial charge >= 0.3 is 0 Å². The number of thioether (sulfide) groups is 1. The number of hydrogen-bond acceptors (Lipinski definition) is 7. The Morgan fingerprint density at radius 3 is 2.73 bits per heavy atom. The number of carbonyl (C=O) groups is 1. The number of anilines is 1. The minimum Gasteiger partial charge on any atom is -0.494 e. The summed E-state index contributed by atoms with van der Waals surface area (Å²) in [5.41, 5.74) is 2.11. The lowest BCUT2D eigenvalue weighted by atomic mass is 10.1. The molecule has 170 valence electrons. The van der Waals surface area contributed by atoms with Crippen molar-refractivity contribution in [1.82, 2.24) is 15.0 Å². The van der Waals surface area contributed by atoms with Crippen LogP contribution in [0.3, 0.4) is 0 Å². The second kappa shape index (κ2) is 10.1. The molecule has 1 amide bonds. The van der Waals surface area contributed by atoms with Crippen LogP contribution in [0.4, 0.5) is 9.52 Å². The zero-order valence-electron chi connectivity index (χ0n) is 18.0. The first kappa shape index (κ1) is 22.9. The van der Waals surface area contributed by atoms with E-state index in [4.69, 9.17) is 4.74 Å². The van der Waals surface area contributed by atoms with E-state index in [9.17, 15) is 14.0 Å². The van der Waals surface area contributed by atoms with Gasteiger partial charge in [-0.1, -0.05) is 35.2 Å². The summed E-state index contributed by atoms with van der Waals surface area (Å²) in [6, 6.07) is 11.7. The molecule has 33 heavy (non-hydrogen) atoms. The summed E-state index contributed by atoms with van der Waals surface area (Å²) in [6.07, 6.45) is -0.114. The van der Waals surface area contributed by atoms with E-state index in [-0.39, 0.29) is 23.7 Å². The zero-order valence-corrected chi connectivity index (χ0v) is 19.6. The van der Waals surface area contributed by atoms with Gasteiger partial charge in [-0.25, -0.2) is 14.4 Å². The first-order chi connectivity index (χ1) is 15.9. The number of halogens is 1. The van der Waals surface area contributed by atoms with Crippen LogP contribution < -0.4 is 15.6 Å². The maximum absolute atomic E-state index is 13.0. The molecule has 0 radical (unpaired) electrons. The standard InChI is InChI=1S/C23H21FN4O3S2/c1-3-31-16-8-9-18-19(10-16)33-23(26-18)27-20(29)11-17-13(2)25-22(28-21(17)30)32-12-14-4-6-15(24)7-5-14/h4-10H,3,11-12H2,1-2H3,(H,25,28,30)(H,26,27,29). The fraction of sp³-hybridized carbons (Fsp3) is 0.217. The molecule has 0 unspecified atom stereocenters. The van der Waals surface area contributed by atoms with E-state index >= 15 is 0 Å². The van der Waals surface area contributed by atoms with Crippen molar-refractivity contribution in [3.8, 4) is 5.75 Å². The lowest BCUT2D eigenvalue weighted by molar-refractivity contribution is -0.115. The summed E-state index contributed by atoms with van der Waals surface area (Å²) >= 11 is 2.68. The Balaban J connectivity index is 1.41. The molecule has 2 N–H and O–H groups in total. The van der Waals surface area contributed by atoms with E-state index < -0.39 is 0 Å². The third-order valence-electron chi connectivity index (χ3n) is 4.74. The van der Waals surface area contributed by atoms with E-state index in [2.05, 4.69) is 20.3 Å². The molecule has 2 aromatic heterocycles. The predicted molar refractivity (Wildman–Crippen MR) is 129 cm³/mol. The minimum absolute atomic E-state index is 0.114. The van der Waals surface area contributed by atoms with Crippen LogP contribution in [-0.4, -0.2) is 27.5 Å². The van der Waals surface area contributed by atoms with Crippen molar-refractivity contribution in [2.24, 2.45) is 0 Å². The maximum atomic E-state index is 13.0. The number of rotatable bonds is 8. The molecule has 0 atom stereocenters. The van der Waals surface area contributed by atoms with Gasteiger partial charge in [0, 0.05) is 17.0 Å². The number of ether oxygens (including phenoxy) is 1. The van der Waals surface area contributed by atoms with Crippen LogP contribution >= 0.6 is 23.1 Å². The number of thiazole rings is 1. The van der Waals surface area contributed by atoms with Crippen LogP contribution in [0.5, 0.6) is 5.75 Å². The van der Waals surface area contributed by atoms with E-state index in [1.165, 1.54) is 35.2 Å². The highest BCUT2D eigenvalue weighted by Gasteiger charge is 2.15. The summed E-state index contributed by atoms with van der Waals surface area (Å²) in [5, 5.41) is 3.67. The van der Waals surface area contributed by atoms with Gasteiger partial charge in [-0.2, -0.15) is 0 Å². The highest BCUT2D eigenvalue weighted by molar-refractivity contribution is 7.98. The highest BCUT2D eigenvalue weighted by Crippen LogP contribution is 2.29. The number of nitrogens with one attached hydrogen (secondary N) is 2. The molecular weight excluding hydrogens is 463 g/mol. The number of fused-ring (bicyclic) bond motifs is 1. The number of aromatic amines is 1. The Hall–Kier alpha value is -3.24. The number of amides is 1. The van der Waals surface area contributed by atoms with E-state index in [0.717, 1.165) is 21.5 Å². The molecular formula is C23H21FN4O3S2. The number of aryl methyl sites for hydroxylation is 1. The van der Waals surface area contributed by atoms with E-state index in [0.29, 0.717) is 33.9 Å². The van der Waals surface area contributed by atoms with Crippen LogP contribution in [-0.2, 0) is 17.0 Å². The number of hydrogen-bond donors (Lipinski definition) is 2. The summed E-state index contributed by atoms with van der Waals surface area (Å²) < 4.78 is 19.4. The number of nitrogens with zero attached hydrogens (tertiary/aromatic N) is 2.